The Morgan fingerprint density at radius 1 is 1.16 bits per heavy atom. The number of amides is 2. The van der Waals surface area contributed by atoms with Crippen LogP contribution in [0.15, 0.2) is 30.3 Å². The average Bonchev–Trinajstić information content (AvgIpc) is 2.40. The van der Waals surface area contributed by atoms with Gasteiger partial charge in [0.15, 0.2) is 0 Å². The van der Waals surface area contributed by atoms with E-state index in [9.17, 15) is 4.79 Å². The summed E-state index contributed by atoms with van der Waals surface area (Å²) in [6.07, 6.45) is 6.01. The molecule has 19 heavy (non-hydrogen) atoms. The molecule has 0 unspecified atom stereocenters. The average molecular weight is 262 g/mol. The minimum absolute atomic E-state index is 0. The van der Waals surface area contributed by atoms with Crippen LogP contribution in [0.4, 0.5) is 4.79 Å². The number of urea groups is 1. The SMILES string of the molecule is C.C[C@H](NC(=O)NC1CCCCC1)c1ccccc1. The van der Waals surface area contributed by atoms with Gasteiger partial charge in [-0.3, -0.25) is 0 Å². The molecule has 3 nitrogen and oxygen atoms in total. The van der Waals surface area contributed by atoms with Crippen molar-refractivity contribution in [2.45, 2.75) is 58.5 Å². The van der Waals surface area contributed by atoms with Gasteiger partial charge < -0.3 is 10.6 Å². The summed E-state index contributed by atoms with van der Waals surface area (Å²) >= 11 is 0. The van der Waals surface area contributed by atoms with Gasteiger partial charge in [0, 0.05) is 6.04 Å². The third-order valence-corrected chi connectivity index (χ3v) is 3.59. The lowest BCUT2D eigenvalue weighted by molar-refractivity contribution is 0.229. The normalized spacial score (nSPS) is 17.1. The van der Waals surface area contributed by atoms with Crippen LogP contribution in [0.25, 0.3) is 0 Å². The van der Waals surface area contributed by atoms with Crippen molar-refractivity contribution in [3.63, 3.8) is 0 Å². The summed E-state index contributed by atoms with van der Waals surface area (Å²) in [5, 5.41) is 6.06. The van der Waals surface area contributed by atoms with E-state index in [4.69, 9.17) is 0 Å². The molecular formula is C16H26N2O. The summed E-state index contributed by atoms with van der Waals surface area (Å²) in [7, 11) is 0. The van der Waals surface area contributed by atoms with Crippen LogP contribution >= 0.6 is 0 Å². The molecule has 0 heterocycles. The highest BCUT2D eigenvalue weighted by Crippen LogP contribution is 2.17. The predicted octanol–water partition coefficient (Wildman–Crippen LogP) is 4.02. The van der Waals surface area contributed by atoms with Gasteiger partial charge in [-0.05, 0) is 25.3 Å². The van der Waals surface area contributed by atoms with E-state index >= 15 is 0 Å². The van der Waals surface area contributed by atoms with E-state index in [1.165, 1.54) is 19.3 Å². The Morgan fingerprint density at radius 2 is 1.79 bits per heavy atom. The molecule has 0 bridgehead atoms. The van der Waals surface area contributed by atoms with Gasteiger partial charge >= 0.3 is 6.03 Å². The van der Waals surface area contributed by atoms with Crippen LogP contribution in [0.5, 0.6) is 0 Å². The molecule has 1 fully saturated rings. The first-order valence-electron chi connectivity index (χ1n) is 6.87. The lowest BCUT2D eigenvalue weighted by atomic mass is 9.96. The topological polar surface area (TPSA) is 41.1 Å². The molecule has 0 aromatic heterocycles. The summed E-state index contributed by atoms with van der Waals surface area (Å²) in [5.74, 6) is 0. The zero-order valence-electron chi connectivity index (χ0n) is 11.0. The lowest BCUT2D eigenvalue weighted by Crippen LogP contribution is -2.43. The van der Waals surface area contributed by atoms with Gasteiger partial charge in [-0.15, -0.1) is 0 Å². The van der Waals surface area contributed by atoms with Crippen molar-refractivity contribution >= 4 is 6.03 Å². The standard InChI is InChI=1S/C15H22N2O.CH4/c1-12(13-8-4-2-5-9-13)16-15(18)17-14-10-6-3-7-11-14;/h2,4-5,8-9,12,14H,3,6-7,10-11H2,1H3,(H2,16,17,18);1H4/t12-;/m0./s1. The minimum atomic E-state index is -0.0433. The van der Waals surface area contributed by atoms with Gasteiger partial charge in [-0.2, -0.15) is 0 Å². The van der Waals surface area contributed by atoms with Crippen molar-refractivity contribution < 1.29 is 4.79 Å². The van der Waals surface area contributed by atoms with Gasteiger partial charge in [0.25, 0.3) is 0 Å². The van der Waals surface area contributed by atoms with Gasteiger partial charge in [0.05, 0.1) is 6.04 Å². The van der Waals surface area contributed by atoms with Crippen LogP contribution in [0, 0.1) is 0 Å². The zero-order valence-corrected chi connectivity index (χ0v) is 11.0. The van der Waals surface area contributed by atoms with Crippen LogP contribution < -0.4 is 10.6 Å². The number of hydrogen-bond acceptors (Lipinski definition) is 1. The van der Waals surface area contributed by atoms with E-state index in [0.717, 1.165) is 18.4 Å². The van der Waals surface area contributed by atoms with Gasteiger partial charge in [-0.1, -0.05) is 57.0 Å². The number of benzene rings is 1. The maximum absolute atomic E-state index is 11.9. The summed E-state index contributed by atoms with van der Waals surface area (Å²) in [6.45, 7) is 2.01. The molecule has 2 amide bonds. The molecule has 1 atom stereocenters. The molecule has 1 aliphatic carbocycles. The Kier molecular flexibility index (Phi) is 6.40. The molecule has 1 aromatic carbocycles. The van der Waals surface area contributed by atoms with Crippen LogP contribution in [-0.4, -0.2) is 12.1 Å². The molecule has 1 aliphatic rings. The minimum Gasteiger partial charge on any atom is -0.335 e. The Hall–Kier alpha value is -1.51. The van der Waals surface area contributed by atoms with Crippen LogP contribution in [0.1, 0.15) is 58.1 Å². The number of rotatable bonds is 3. The number of carbonyl (C=O) groups is 1. The zero-order chi connectivity index (χ0) is 12.8. The molecule has 1 aromatic rings. The molecule has 2 N–H and O–H groups in total. The molecule has 106 valence electrons. The predicted molar refractivity (Wildman–Crippen MR) is 80.1 cm³/mol. The number of carbonyl (C=O) groups excluding carboxylic acids is 1. The number of hydrogen-bond donors (Lipinski definition) is 2. The Labute approximate surface area is 116 Å². The third kappa shape index (κ3) is 4.93. The summed E-state index contributed by atoms with van der Waals surface area (Å²) in [4.78, 5) is 11.9. The fourth-order valence-electron chi connectivity index (χ4n) is 2.50. The second kappa shape index (κ2) is 7.82. The fraction of sp³-hybridized carbons (Fsp3) is 0.562. The molecule has 3 heteroatoms. The van der Waals surface area contributed by atoms with E-state index in [1.807, 2.05) is 37.3 Å². The van der Waals surface area contributed by atoms with Crippen molar-refractivity contribution in [1.82, 2.24) is 10.6 Å². The molecule has 2 rings (SSSR count). The van der Waals surface area contributed by atoms with Crippen molar-refractivity contribution in [3.8, 4) is 0 Å². The van der Waals surface area contributed by atoms with Crippen molar-refractivity contribution in [2.24, 2.45) is 0 Å². The van der Waals surface area contributed by atoms with Crippen LogP contribution in [-0.2, 0) is 0 Å². The Balaban J connectivity index is 0.00000180. The first-order valence-corrected chi connectivity index (χ1v) is 6.87. The molecular weight excluding hydrogens is 236 g/mol. The van der Waals surface area contributed by atoms with E-state index in [0.29, 0.717) is 6.04 Å². The second-order valence-corrected chi connectivity index (χ2v) is 5.09. The lowest BCUT2D eigenvalue weighted by Gasteiger charge is -2.24. The van der Waals surface area contributed by atoms with E-state index in [-0.39, 0.29) is 19.5 Å². The highest BCUT2D eigenvalue weighted by Gasteiger charge is 2.16. The monoisotopic (exact) mass is 262 g/mol. The van der Waals surface area contributed by atoms with Gasteiger partial charge in [0.1, 0.15) is 0 Å². The smallest absolute Gasteiger partial charge is 0.315 e. The molecule has 0 spiro atoms. The van der Waals surface area contributed by atoms with E-state index in [2.05, 4.69) is 10.6 Å². The molecule has 0 aliphatic heterocycles. The van der Waals surface area contributed by atoms with Gasteiger partial charge in [0.2, 0.25) is 0 Å². The maximum atomic E-state index is 11.9. The third-order valence-electron chi connectivity index (χ3n) is 3.59. The second-order valence-electron chi connectivity index (χ2n) is 5.09. The van der Waals surface area contributed by atoms with Crippen molar-refractivity contribution in [2.75, 3.05) is 0 Å². The highest BCUT2D eigenvalue weighted by molar-refractivity contribution is 5.74. The first-order chi connectivity index (χ1) is 8.75. The van der Waals surface area contributed by atoms with Crippen LogP contribution in [0.3, 0.4) is 0 Å². The van der Waals surface area contributed by atoms with Gasteiger partial charge in [-0.25, -0.2) is 4.79 Å². The number of nitrogens with one attached hydrogen (secondary N) is 2. The van der Waals surface area contributed by atoms with E-state index in [1.54, 1.807) is 0 Å². The molecule has 0 saturated heterocycles. The molecule has 0 radical (unpaired) electrons. The molecule has 1 saturated carbocycles. The maximum Gasteiger partial charge on any atom is 0.315 e. The fourth-order valence-corrected chi connectivity index (χ4v) is 2.50. The quantitative estimate of drug-likeness (QED) is 0.849. The van der Waals surface area contributed by atoms with E-state index < -0.39 is 0 Å². The van der Waals surface area contributed by atoms with Crippen molar-refractivity contribution in [1.29, 1.82) is 0 Å². The summed E-state index contributed by atoms with van der Waals surface area (Å²) in [5.41, 5.74) is 1.14. The van der Waals surface area contributed by atoms with Crippen molar-refractivity contribution in [3.05, 3.63) is 35.9 Å². The summed E-state index contributed by atoms with van der Waals surface area (Å²) < 4.78 is 0. The largest absolute Gasteiger partial charge is 0.335 e. The first kappa shape index (κ1) is 15.5. The Bertz CT molecular complexity index is 372. The Morgan fingerprint density at radius 3 is 2.42 bits per heavy atom. The van der Waals surface area contributed by atoms with Crippen LogP contribution in [0.2, 0.25) is 0 Å². The summed E-state index contributed by atoms with van der Waals surface area (Å²) in [6, 6.07) is 10.4. The highest BCUT2D eigenvalue weighted by atomic mass is 16.2.